The lowest BCUT2D eigenvalue weighted by molar-refractivity contribution is -0.136. The number of carboxylic acid groups (broad SMARTS) is 1. The highest BCUT2D eigenvalue weighted by Crippen LogP contribution is 2.28. The third kappa shape index (κ3) is 2.92. The number of aliphatic carboxylic acids is 1. The molecule has 0 radical (unpaired) electrons. The minimum atomic E-state index is -0.851. The van der Waals surface area contributed by atoms with Gasteiger partial charge in [0.05, 0.1) is 12.1 Å². The zero-order chi connectivity index (χ0) is 13.8. The summed E-state index contributed by atoms with van der Waals surface area (Å²) in [4.78, 5) is 10.9. The molecule has 0 aliphatic heterocycles. The van der Waals surface area contributed by atoms with Crippen molar-refractivity contribution < 1.29 is 9.90 Å². The van der Waals surface area contributed by atoms with Crippen LogP contribution in [-0.2, 0) is 11.2 Å². The number of carbonyl (C=O) groups is 1. The van der Waals surface area contributed by atoms with E-state index in [1.54, 1.807) is 0 Å². The lowest BCUT2D eigenvalue weighted by atomic mass is 9.96. The quantitative estimate of drug-likeness (QED) is 0.580. The maximum atomic E-state index is 10.9. The van der Waals surface area contributed by atoms with E-state index in [0.29, 0.717) is 0 Å². The van der Waals surface area contributed by atoms with Crippen LogP contribution in [0.3, 0.4) is 0 Å². The van der Waals surface area contributed by atoms with Crippen LogP contribution in [0.2, 0.25) is 0 Å². The molecule has 0 fully saturated rings. The van der Waals surface area contributed by atoms with Crippen molar-refractivity contribution in [2.45, 2.75) is 13.3 Å². The summed E-state index contributed by atoms with van der Waals surface area (Å²) in [6.45, 7) is 1.86. The number of nitrogens with two attached hydrogens (primary N) is 1. The van der Waals surface area contributed by atoms with E-state index in [1.165, 1.54) is 0 Å². The van der Waals surface area contributed by atoms with Crippen molar-refractivity contribution in [3.05, 3.63) is 53.6 Å². The molecule has 4 nitrogen and oxygen atoms in total. The monoisotopic (exact) mass is 256 g/mol. The molecule has 0 aliphatic rings. The average Bonchev–Trinajstić information content (AvgIpc) is 2.41. The van der Waals surface area contributed by atoms with Crippen molar-refractivity contribution in [3.8, 4) is 11.1 Å². The molecular formula is C15H16N2O2. The van der Waals surface area contributed by atoms with Gasteiger partial charge in [-0.25, -0.2) is 0 Å². The standard InChI is InChI=1S/C15H16N2O2/c1-10-12(9-15(18)19)7-13(8-14(10)17-16)11-5-3-2-4-6-11/h2-8,17H,9,16H2,1H3,(H,18,19). The maximum absolute atomic E-state index is 10.9. The van der Waals surface area contributed by atoms with Crippen LogP contribution in [0.4, 0.5) is 5.69 Å². The topological polar surface area (TPSA) is 75.3 Å². The summed E-state index contributed by atoms with van der Waals surface area (Å²) in [5.41, 5.74) is 6.99. The number of nitrogens with one attached hydrogen (secondary N) is 1. The number of hydrogen-bond donors (Lipinski definition) is 3. The number of nitrogen functional groups attached to an aromatic ring is 1. The van der Waals surface area contributed by atoms with Crippen LogP contribution in [-0.4, -0.2) is 11.1 Å². The van der Waals surface area contributed by atoms with Crippen LogP contribution in [0, 0.1) is 6.92 Å². The zero-order valence-corrected chi connectivity index (χ0v) is 10.7. The Bertz CT molecular complexity index is 595. The molecule has 0 unspecified atom stereocenters. The molecule has 0 bridgehead atoms. The van der Waals surface area contributed by atoms with Gasteiger partial charge >= 0.3 is 5.97 Å². The molecule has 98 valence electrons. The summed E-state index contributed by atoms with van der Waals surface area (Å²) < 4.78 is 0. The predicted molar refractivity (Wildman–Crippen MR) is 75.8 cm³/mol. The van der Waals surface area contributed by atoms with E-state index in [-0.39, 0.29) is 6.42 Å². The maximum Gasteiger partial charge on any atom is 0.307 e. The second-order valence-electron chi connectivity index (χ2n) is 4.39. The van der Waals surface area contributed by atoms with Crippen LogP contribution in [0.25, 0.3) is 11.1 Å². The Labute approximate surface area is 111 Å². The Balaban J connectivity index is 2.54. The van der Waals surface area contributed by atoms with Gasteiger partial charge < -0.3 is 10.5 Å². The van der Waals surface area contributed by atoms with Gasteiger partial charge in [-0.1, -0.05) is 36.4 Å². The first-order chi connectivity index (χ1) is 9.11. The van der Waals surface area contributed by atoms with Crippen molar-refractivity contribution in [3.63, 3.8) is 0 Å². The first-order valence-electron chi connectivity index (χ1n) is 5.99. The molecule has 4 heteroatoms. The summed E-state index contributed by atoms with van der Waals surface area (Å²) in [6.07, 6.45) is -0.0127. The van der Waals surface area contributed by atoms with Gasteiger partial charge in [0.15, 0.2) is 0 Å². The van der Waals surface area contributed by atoms with E-state index < -0.39 is 5.97 Å². The van der Waals surface area contributed by atoms with Gasteiger partial charge in [0.2, 0.25) is 0 Å². The first kappa shape index (κ1) is 13.1. The van der Waals surface area contributed by atoms with Crippen molar-refractivity contribution in [2.24, 2.45) is 5.84 Å². The van der Waals surface area contributed by atoms with Gasteiger partial charge in [0.1, 0.15) is 0 Å². The van der Waals surface area contributed by atoms with E-state index >= 15 is 0 Å². The van der Waals surface area contributed by atoms with Crippen LogP contribution < -0.4 is 11.3 Å². The second-order valence-corrected chi connectivity index (χ2v) is 4.39. The fourth-order valence-corrected chi connectivity index (χ4v) is 2.07. The van der Waals surface area contributed by atoms with Crippen LogP contribution in [0.1, 0.15) is 11.1 Å². The molecule has 0 aliphatic carbocycles. The average molecular weight is 256 g/mol. The van der Waals surface area contributed by atoms with E-state index in [2.05, 4.69) is 5.43 Å². The van der Waals surface area contributed by atoms with E-state index in [1.807, 2.05) is 49.4 Å². The van der Waals surface area contributed by atoms with Gasteiger partial charge in [0, 0.05) is 0 Å². The van der Waals surface area contributed by atoms with E-state index in [9.17, 15) is 4.79 Å². The number of carboxylic acids is 1. The fourth-order valence-electron chi connectivity index (χ4n) is 2.07. The van der Waals surface area contributed by atoms with Crippen molar-refractivity contribution in [2.75, 3.05) is 5.43 Å². The van der Waals surface area contributed by atoms with Crippen molar-refractivity contribution in [1.29, 1.82) is 0 Å². The predicted octanol–water partition coefficient (Wildman–Crippen LogP) is 2.57. The number of anilines is 1. The molecule has 0 atom stereocenters. The minimum Gasteiger partial charge on any atom is -0.481 e. The Morgan fingerprint density at radius 1 is 1.21 bits per heavy atom. The molecule has 0 saturated heterocycles. The van der Waals surface area contributed by atoms with E-state index in [4.69, 9.17) is 10.9 Å². The van der Waals surface area contributed by atoms with Gasteiger partial charge in [0.25, 0.3) is 0 Å². The Kier molecular flexibility index (Phi) is 3.82. The lowest BCUT2D eigenvalue weighted by Crippen LogP contribution is -2.11. The summed E-state index contributed by atoms with van der Waals surface area (Å²) in [7, 11) is 0. The molecule has 2 aromatic rings. The largest absolute Gasteiger partial charge is 0.481 e. The summed E-state index contributed by atoms with van der Waals surface area (Å²) >= 11 is 0. The minimum absolute atomic E-state index is 0.0127. The Morgan fingerprint density at radius 2 is 1.89 bits per heavy atom. The highest BCUT2D eigenvalue weighted by Gasteiger charge is 2.10. The number of rotatable bonds is 4. The molecule has 0 spiro atoms. The number of benzene rings is 2. The summed E-state index contributed by atoms with van der Waals surface area (Å²) in [5.74, 6) is 4.65. The molecule has 0 aromatic heterocycles. The number of hydrazine groups is 1. The molecule has 4 N–H and O–H groups in total. The van der Waals surface area contributed by atoms with Gasteiger partial charge in [-0.15, -0.1) is 0 Å². The van der Waals surface area contributed by atoms with Gasteiger partial charge in [-0.3, -0.25) is 10.6 Å². The van der Waals surface area contributed by atoms with E-state index in [0.717, 1.165) is 27.9 Å². The Morgan fingerprint density at radius 3 is 2.47 bits per heavy atom. The smallest absolute Gasteiger partial charge is 0.307 e. The third-order valence-electron chi connectivity index (χ3n) is 3.12. The molecule has 0 saturated carbocycles. The van der Waals surface area contributed by atoms with Gasteiger partial charge in [-0.05, 0) is 35.2 Å². The SMILES string of the molecule is Cc1c(CC(=O)O)cc(-c2ccccc2)cc1NN. The normalized spacial score (nSPS) is 10.2. The molecule has 0 heterocycles. The van der Waals surface area contributed by atoms with Crippen LogP contribution in [0.5, 0.6) is 0 Å². The lowest BCUT2D eigenvalue weighted by Gasteiger charge is -2.13. The highest BCUT2D eigenvalue weighted by molar-refractivity contribution is 5.76. The zero-order valence-electron chi connectivity index (χ0n) is 10.7. The van der Waals surface area contributed by atoms with Crippen LogP contribution >= 0.6 is 0 Å². The number of hydrogen-bond acceptors (Lipinski definition) is 3. The third-order valence-corrected chi connectivity index (χ3v) is 3.12. The highest BCUT2D eigenvalue weighted by atomic mass is 16.4. The van der Waals surface area contributed by atoms with Crippen LogP contribution in [0.15, 0.2) is 42.5 Å². The molecule has 2 aromatic carbocycles. The first-order valence-corrected chi connectivity index (χ1v) is 5.99. The molecule has 0 amide bonds. The molecular weight excluding hydrogens is 240 g/mol. The fraction of sp³-hybridized carbons (Fsp3) is 0.133. The second kappa shape index (κ2) is 5.54. The van der Waals surface area contributed by atoms with Gasteiger partial charge in [-0.2, -0.15) is 0 Å². The molecule has 2 rings (SSSR count). The summed E-state index contributed by atoms with van der Waals surface area (Å²) in [6, 6.07) is 13.6. The summed E-state index contributed by atoms with van der Waals surface area (Å²) in [5, 5.41) is 8.96. The Hall–Kier alpha value is -2.33. The molecule has 19 heavy (non-hydrogen) atoms. The van der Waals surface area contributed by atoms with Crippen molar-refractivity contribution in [1.82, 2.24) is 0 Å². The van der Waals surface area contributed by atoms with Crippen molar-refractivity contribution >= 4 is 11.7 Å².